The van der Waals surface area contributed by atoms with Crippen molar-refractivity contribution in [3.8, 4) is 0 Å². The van der Waals surface area contributed by atoms with Crippen LogP contribution in [0.1, 0.15) is 5.56 Å². The summed E-state index contributed by atoms with van der Waals surface area (Å²) < 4.78 is 13.6. The lowest BCUT2D eigenvalue weighted by Crippen LogP contribution is -1.77. The van der Waals surface area contributed by atoms with Crippen molar-refractivity contribution in [1.29, 1.82) is 0 Å². The van der Waals surface area contributed by atoms with E-state index in [9.17, 15) is 4.39 Å². The third-order valence-electron chi connectivity index (χ3n) is 1.38. The van der Waals surface area contributed by atoms with Gasteiger partial charge in [-0.3, -0.25) is 0 Å². The van der Waals surface area contributed by atoms with Crippen LogP contribution in [0.25, 0.3) is 3.58 Å². The van der Waals surface area contributed by atoms with E-state index in [0.29, 0.717) is 0 Å². The predicted octanol–water partition coefficient (Wildman–Crippen LogP) is 3.79. The van der Waals surface area contributed by atoms with Crippen molar-refractivity contribution in [3.63, 3.8) is 0 Å². The summed E-state index contributed by atoms with van der Waals surface area (Å²) in [6.07, 6.45) is 3.60. The molecule has 2 heteroatoms. The number of halogens is 2. The highest BCUT2D eigenvalue weighted by Crippen LogP contribution is 2.21. The van der Waals surface area contributed by atoms with Crippen LogP contribution in [0.2, 0.25) is 0 Å². The Hall–Kier alpha value is -0.640. The highest BCUT2D eigenvalue weighted by Gasteiger charge is 1.95. The van der Waals surface area contributed by atoms with Crippen LogP contribution in [0.3, 0.4) is 0 Å². The Morgan fingerprint density at radius 2 is 1.92 bits per heavy atom. The molecular formula is C10H8FI. The Bertz CT molecular complexity index is 298. The van der Waals surface area contributed by atoms with Gasteiger partial charge in [-0.1, -0.05) is 24.8 Å². The molecule has 0 saturated carbocycles. The molecule has 0 fully saturated rings. The van der Waals surface area contributed by atoms with Gasteiger partial charge in [0.25, 0.3) is 0 Å². The van der Waals surface area contributed by atoms with Crippen LogP contribution in [0, 0.1) is 5.82 Å². The second-order valence-corrected chi connectivity index (χ2v) is 3.42. The Morgan fingerprint density at radius 1 is 1.33 bits per heavy atom. The summed E-state index contributed by atoms with van der Waals surface area (Å²) in [5.74, 6) is -0.207. The van der Waals surface area contributed by atoms with Gasteiger partial charge in [-0.2, -0.15) is 0 Å². The van der Waals surface area contributed by atoms with Gasteiger partial charge in [0.05, 0.1) is 0 Å². The molecule has 0 nitrogen and oxygen atoms in total. The standard InChI is InChI=1S/C10H8FI/c1-2-3-10(12)8-4-6-9(11)7-5-8/h2-7H,1H2/b10-3-. The highest BCUT2D eigenvalue weighted by atomic mass is 127. The van der Waals surface area contributed by atoms with Gasteiger partial charge in [0, 0.05) is 3.58 Å². The molecule has 0 radical (unpaired) electrons. The Kier molecular flexibility index (Phi) is 3.47. The lowest BCUT2D eigenvalue weighted by atomic mass is 10.2. The first-order valence-electron chi connectivity index (χ1n) is 3.48. The molecule has 0 aliphatic carbocycles. The summed E-state index contributed by atoms with van der Waals surface area (Å²) in [6, 6.07) is 6.39. The van der Waals surface area contributed by atoms with E-state index < -0.39 is 0 Å². The third-order valence-corrected chi connectivity index (χ3v) is 2.37. The molecule has 1 rings (SSSR count). The molecule has 0 amide bonds. The van der Waals surface area contributed by atoms with Crippen LogP contribution in [0.5, 0.6) is 0 Å². The molecular weight excluding hydrogens is 266 g/mol. The van der Waals surface area contributed by atoms with Crippen molar-refractivity contribution in [1.82, 2.24) is 0 Å². The number of hydrogen-bond acceptors (Lipinski definition) is 0. The van der Waals surface area contributed by atoms with Crippen LogP contribution in [0.15, 0.2) is 43.0 Å². The highest BCUT2D eigenvalue weighted by molar-refractivity contribution is 14.1. The minimum atomic E-state index is -0.207. The monoisotopic (exact) mass is 274 g/mol. The van der Waals surface area contributed by atoms with Gasteiger partial charge >= 0.3 is 0 Å². The summed E-state index contributed by atoms with van der Waals surface area (Å²) in [7, 11) is 0. The van der Waals surface area contributed by atoms with Gasteiger partial charge in [0.15, 0.2) is 0 Å². The van der Waals surface area contributed by atoms with Crippen molar-refractivity contribution in [2.75, 3.05) is 0 Å². The summed E-state index contributed by atoms with van der Waals surface area (Å²) in [5, 5.41) is 0. The molecule has 0 N–H and O–H groups in total. The van der Waals surface area contributed by atoms with Gasteiger partial charge in [0.2, 0.25) is 0 Å². The van der Waals surface area contributed by atoms with Crippen LogP contribution in [0.4, 0.5) is 4.39 Å². The first-order valence-corrected chi connectivity index (χ1v) is 4.56. The molecule has 1 aromatic rings. The fourth-order valence-corrected chi connectivity index (χ4v) is 1.42. The number of rotatable bonds is 2. The van der Waals surface area contributed by atoms with E-state index in [1.165, 1.54) is 12.1 Å². The largest absolute Gasteiger partial charge is 0.207 e. The van der Waals surface area contributed by atoms with E-state index in [0.717, 1.165) is 9.14 Å². The average Bonchev–Trinajstić information content (AvgIpc) is 2.06. The van der Waals surface area contributed by atoms with Crippen molar-refractivity contribution in [3.05, 3.63) is 54.4 Å². The first kappa shape index (κ1) is 9.45. The van der Waals surface area contributed by atoms with E-state index in [1.54, 1.807) is 18.2 Å². The minimum absolute atomic E-state index is 0.207. The van der Waals surface area contributed by atoms with Gasteiger partial charge in [0.1, 0.15) is 5.82 Å². The molecule has 12 heavy (non-hydrogen) atoms. The molecule has 0 unspecified atom stereocenters. The Balaban J connectivity index is 2.97. The fourth-order valence-electron chi connectivity index (χ4n) is 0.809. The maximum Gasteiger partial charge on any atom is 0.123 e. The zero-order valence-electron chi connectivity index (χ0n) is 6.43. The molecule has 0 aliphatic heterocycles. The zero-order valence-corrected chi connectivity index (χ0v) is 8.58. The van der Waals surface area contributed by atoms with E-state index in [4.69, 9.17) is 0 Å². The number of hydrogen-bond donors (Lipinski definition) is 0. The Morgan fingerprint density at radius 3 is 2.42 bits per heavy atom. The molecule has 0 aliphatic rings. The van der Waals surface area contributed by atoms with E-state index >= 15 is 0 Å². The van der Waals surface area contributed by atoms with Crippen LogP contribution < -0.4 is 0 Å². The van der Waals surface area contributed by atoms with Crippen LogP contribution in [-0.2, 0) is 0 Å². The maximum atomic E-state index is 12.5. The maximum absolute atomic E-state index is 12.5. The summed E-state index contributed by atoms with van der Waals surface area (Å²) in [6.45, 7) is 3.59. The first-order chi connectivity index (χ1) is 5.74. The lowest BCUT2D eigenvalue weighted by Gasteiger charge is -1.97. The zero-order chi connectivity index (χ0) is 8.97. The summed E-state index contributed by atoms with van der Waals surface area (Å²) >= 11 is 2.19. The Labute approximate surface area is 84.9 Å². The number of benzene rings is 1. The van der Waals surface area contributed by atoms with E-state index in [2.05, 4.69) is 29.2 Å². The molecule has 0 aromatic heterocycles. The fraction of sp³-hybridized carbons (Fsp3) is 0. The second kappa shape index (κ2) is 4.40. The van der Waals surface area contributed by atoms with Gasteiger partial charge in [-0.05, 0) is 46.4 Å². The van der Waals surface area contributed by atoms with Crippen LogP contribution in [-0.4, -0.2) is 0 Å². The smallest absolute Gasteiger partial charge is 0.123 e. The van der Waals surface area contributed by atoms with Gasteiger partial charge < -0.3 is 0 Å². The summed E-state index contributed by atoms with van der Waals surface area (Å²) in [5.41, 5.74) is 1.01. The van der Waals surface area contributed by atoms with Gasteiger partial charge in [-0.15, -0.1) is 0 Å². The van der Waals surface area contributed by atoms with E-state index in [-0.39, 0.29) is 5.82 Å². The summed E-state index contributed by atoms with van der Waals surface area (Å²) in [4.78, 5) is 0. The number of allylic oxidation sites excluding steroid dienone is 2. The molecule has 0 bridgehead atoms. The molecule has 0 heterocycles. The van der Waals surface area contributed by atoms with Crippen LogP contribution >= 0.6 is 22.6 Å². The predicted molar refractivity (Wildman–Crippen MR) is 58.6 cm³/mol. The third kappa shape index (κ3) is 2.44. The van der Waals surface area contributed by atoms with Crippen molar-refractivity contribution in [2.24, 2.45) is 0 Å². The quantitative estimate of drug-likeness (QED) is 0.568. The van der Waals surface area contributed by atoms with Crippen molar-refractivity contribution >= 4 is 26.2 Å². The topological polar surface area (TPSA) is 0 Å². The van der Waals surface area contributed by atoms with Gasteiger partial charge in [-0.25, -0.2) is 4.39 Å². The molecule has 1 aromatic carbocycles. The molecule has 0 atom stereocenters. The molecule has 0 saturated heterocycles. The SMILES string of the molecule is C=C/C=C(\I)c1ccc(F)cc1. The lowest BCUT2D eigenvalue weighted by molar-refractivity contribution is 0.628. The average molecular weight is 274 g/mol. The van der Waals surface area contributed by atoms with Crippen molar-refractivity contribution in [2.45, 2.75) is 0 Å². The van der Waals surface area contributed by atoms with Crippen molar-refractivity contribution < 1.29 is 4.39 Å². The minimum Gasteiger partial charge on any atom is -0.207 e. The second-order valence-electron chi connectivity index (χ2n) is 2.26. The molecule has 0 spiro atoms. The normalized spacial score (nSPS) is 11.3. The molecule has 62 valence electrons. The van der Waals surface area contributed by atoms with E-state index in [1.807, 2.05) is 6.08 Å².